The van der Waals surface area contributed by atoms with Gasteiger partial charge in [-0.2, -0.15) is 0 Å². The Morgan fingerprint density at radius 1 is 0.933 bits per heavy atom. The van der Waals surface area contributed by atoms with Crippen LogP contribution in [0.1, 0.15) is 11.1 Å². The molecule has 0 aliphatic carbocycles. The van der Waals surface area contributed by atoms with Crippen molar-refractivity contribution in [3.63, 3.8) is 0 Å². The van der Waals surface area contributed by atoms with Gasteiger partial charge in [0.05, 0.1) is 13.2 Å². The Bertz CT molecular complexity index is 849. The van der Waals surface area contributed by atoms with Crippen LogP contribution in [0.3, 0.4) is 0 Å². The van der Waals surface area contributed by atoms with E-state index in [1.54, 1.807) is 0 Å². The fourth-order valence-electron chi connectivity index (χ4n) is 3.99. The van der Waals surface area contributed by atoms with E-state index in [0.29, 0.717) is 19.6 Å². The summed E-state index contributed by atoms with van der Waals surface area (Å²) in [6.07, 6.45) is 0. The molecule has 0 unspecified atom stereocenters. The molecule has 1 N–H and O–H groups in total. The van der Waals surface area contributed by atoms with Gasteiger partial charge in [0.25, 0.3) is 0 Å². The standard InChI is InChI=1S/C23H29ClN4O2/c24-21-5-2-6-22(16-21)27-7-9-28(10-8-27)23(29)25-17-19-3-1-4-20(15-19)18-26-11-13-30-14-12-26/h1-6,15-16H,7-14,17-18H2,(H,25,29). The largest absolute Gasteiger partial charge is 0.379 e. The molecule has 0 atom stereocenters. The van der Waals surface area contributed by atoms with Gasteiger partial charge >= 0.3 is 6.03 Å². The van der Waals surface area contributed by atoms with Crippen molar-refractivity contribution in [2.75, 3.05) is 57.4 Å². The Morgan fingerprint density at radius 2 is 1.67 bits per heavy atom. The number of ether oxygens (including phenoxy) is 1. The van der Waals surface area contributed by atoms with Crippen LogP contribution < -0.4 is 10.2 Å². The maximum Gasteiger partial charge on any atom is 0.317 e. The smallest absolute Gasteiger partial charge is 0.317 e. The second-order valence-corrected chi connectivity index (χ2v) is 8.26. The van der Waals surface area contributed by atoms with Gasteiger partial charge in [-0.1, -0.05) is 41.9 Å². The number of hydrogen-bond donors (Lipinski definition) is 1. The molecule has 7 heteroatoms. The lowest BCUT2D eigenvalue weighted by Crippen LogP contribution is -2.51. The van der Waals surface area contributed by atoms with Crippen LogP contribution >= 0.6 is 11.6 Å². The number of amides is 2. The lowest BCUT2D eigenvalue weighted by atomic mass is 10.1. The van der Waals surface area contributed by atoms with Gasteiger partial charge in [-0.25, -0.2) is 4.79 Å². The van der Waals surface area contributed by atoms with E-state index in [4.69, 9.17) is 16.3 Å². The molecule has 2 amide bonds. The first kappa shape index (κ1) is 21.0. The van der Waals surface area contributed by atoms with Crippen LogP contribution in [-0.4, -0.2) is 68.3 Å². The van der Waals surface area contributed by atoms with Crippen molar-refractivity contribution in [3.05, 3.63) is 64.7 Å². The molecule has 2 heterocycles. The number of rotatable bonds is 5. The number of hydrogen-bond acceptors (Lipinski definition) is 4. The third-order valence-corrected chi connectivity index (χ3v) is 5.92. The summed E-state index contributed by atoms with van der Waals surface area (Å²) in [6, 6.07) is 16.4. The van der Waals surface area contributed by atoms with Crippen molar-refractivity contribution in [1.82, 2.24) is 15.1 Å². The van der Waals surface area contributed by atoms with E-state index in [2.05, 4.69) is 45.4 Å². The number of carbonyl (C=O) groups excluding carboxylic acids is 1. The summed E-state index contributed by atoms with van der Waals surface area (Å²) < 4.78 is 5.42. The van der Waals surface area contributed by atoms with Crippen molar-refractivity contribution in [2.24, 2.45) is 0 Å². The highest BCUT2D eigenvalue weighted by molar-refractivity contribution is 6.30. The van der Waals surface area contributed by atoms with Crippen molar-refractivity contribution < 1.29 is 9.53 Å². The molecule has 4 rings (SSSR count). The van der Waals surface area contributed by atoms with E-state index < -0.39 is 0 Å². The van der Waals surface area contributed by atoms with E-state index in [0.717, 1.165) is 62.2 Å². The maximum absolute atomic E-state index is 12.6. The Morgan fingerprint density at radius 3 is 2.43 bits per heavy atom. The highest BCUT2D eigenvalue weighted by Gasteiger charge is 2.21. The zero-order valence-corrected chi connectivity index (χ0v) is 18.0. The summed E-state index contributed by atoms with van der Waals surface area (Å²) >= 11 is 6.10. The van der Waals surface area contributed by atoms with Crippen molar-refractivity contribution in [3.8, 4) is 0 Å². The molecular weight excluding hydrogens is 400 g/mol. The minimum Gasteiger partial charge on any atom is -0.379 e. The van der Waals surface area contributed by atoms with E-state index in [9.17, 15) is 4.79 Å². The summed E-state index contributed by atoms with van der Waals surface area (Å²) in [7, 11) is 0. The van der Waals surface area contributed by atoms with E-state index in [1.165, 1.54) is 5.56 Å². The van der Waals surface area contributed by atoms with Gasteiger partial charge in [-0.15, -0.1) is 0 Å². The highest BCUT2D eigenvalue weighted by atomic mass is 35.5. The van der Waals surface area contributed by atoms with Crippen molar-refractivity contribution in [1.29, 1.82) is 0 Å². The zero-order valence-electron chi connectivity index (χ0n) is 17.2. The van der Waals surface area contributed by atoms with Crippen LogP contribution in [0.2, 0.25) is 5.02 Å². The lowest BCUT2D eigenvalue weighted by molar-refractivity contribution is 0.0342. The van der Waals surface area contributed by atoms with Gasteiger partial charge in [0.15, 0.2) is 0 Å². The number of benzene rings is 2. The second kappa shape index (κ2) is 10.2. The fraction of sp³-hybridized carbons (Fsp3) is 0.435. The normalized spacial score (nSPS) is 17.8. The minimum atomic E-state index is -0.000624. The number of urea groups is 1. The molecule has 30 heavy (non-hydrogen) atoms. The van der Waals surface area contributed by atoms with Crippen LogP contribution in [0.5, 0.6) is 0 Å². The molecule has 0 spiro atoms. The first-order chi connectivity index (χ1) is 14.7. The monoisotopic (exact) mass is 428 g/mol. The summed E-state index contributed by atoms with van der Waals surface area (Å²) in [4.78, 5) is 19.2. The minimum absolute atomic E-state index is 0.000624. The number of nitrogens with one attached hydrogen (secondary N) is 1. The van der Waals surface area contributed by atoms with Crippen LogP contribution in [0.4, 0.5) is 10.5 Å². The molecule has 6 nitrogen and oxygen atoms in total. The number of carbonyl (C=O) groups is 1. The van der Waals surface area contributed by atoms with Crippen LogP contribution in [-0.2, 0) is 17.8 Å². The molecule has 0 radical (unpaired) electrons. The van der Waals surface area contributed by atoms with Crippen LogP contribution in [0.15, 0.2) is 48.5 Å². The lowest BCUT2D eigenvalue weighted by Gasteiger charge is -2.36. The van der Waals surface area contributed by atoms with Crippen molar-refractivity contribution >= 4 is 23.3 Å². The predicted octanol–water partition coefficient (Wildman–Crippen LogP) is 3.20. The fourth-order valence-corrected chi connectivity index (χ4v) is 4.17. The number of nitrogens with zero attached hydrogens (tertiary/aromatic N) is 3. The quantitative estimate of drug-likeness (QED) is 0.794. The summed E-state index contributed by atoms with van der Waals surface area (Å²) in [5, 5.41) is 3.82. The number of anilines is 1. The second-order valence-electron chi connectivity index (χ2n) is 7.82. The molecule has 160 valence electrons. The molecule has 2 aromatic rings. The zero-order chi connectivity index (χ0) is 20.8. The topological polar surface area (TPSA) is 48.1 Å². The molecule has 2 fully saturated rings. The average molecular weight is 429 g/mol. The van der Waals surface area contributed by atoms with Crippen LogP contribution in [0.25, 0.3) is 0 Å². The Balaban J connectivity index is 1.24. The maximum atomic E-state index is 12.6. The molecule has 0 bridgehead atoms. The van der Waals surface area contributed by atoms with E-state index in [1.807, 2.05) is 23.1 Å². The first-order valence-electron chi connectivity index (χ1n) is 10.6. The summed E-state index contributed by atoms with van der Waals surface area (Å²) in [5.41, 5.74) is 3.52. The number of morpholine rings is 1. The Hall–Kier alpha value is -2.28. The SMILES string of the molecule is O=C(NCc1cccc(CN2CCOCC2)c1)N1CCN(c2cccc(Cl)c2)CC1. The van der Waals surface area contributed by atoms with Crippen molar-refractivity contribution in [2.45, 2.75) is 13.1 Å². The van der Waals surface area contributed by atoms with Gasteiger partial charge in [0, 0.05) is 63.1 Å². The Labute approximate surface area is 183 Å². The third kappa shape index (κ3) is 5.65. The molecule has 2 saturated heterocycles. The van der Waals surface area contributed by atoms with Gasteiger partial charge in [0.1, 0.15) is 0 Å². The van der Waals surface area contributed by atoms with Gasteiger partial charge in [-0.3, -0.25) is 4.90 Å². The molecule has 2 aliphatic rings. The average Bonchev–Trinajstić information content (AvgIpc) is 2.78. The third-order valence-electron chi connectivity index (χ3n) is 5.69. The number of piperazine rings is 1. The summed E-state index contributed by atoms with van der Waals surface area (Å²) in [5.74, 6) is 0. The number of halogens is 1. The highest BCUT2D eigenvalue weighted by Crippen LogP contribution is 2.20. The van der Waals surface area contributed by atoms with E-state index >= 15 is 0 Å². The molecular formula is C23H29ClN4O2. The first-order valence-corrected chi connectivity index (χ1v) is 11.0. The summed E-state index contributed by atoms with van der Waals surface area (Å²) in [6.45, 7) is 8.06. The molecule has 0 saturated carbocycles. The van der Waals surface area contributed by atoms with Gasteiger partial charge in [0.2, 0.25) is 0 Å². The Kier molecular flexibility index (Phi) is 7.10. The molecule has 2 aliphatic heterocycles. The molecule has 2 aromatic carbocycles. The van der Waals surface area contributed by atoms with Crippen LogP contribution in [0, 0.1) is 0 Å². The molecule has 0 aromatic heterocycles. The van der Waals surface area contributed by atoms with Gasteiger partial charge in [-0.05, 0) is 29.3 Å². The van der Waals surface area contributed by atoms with Gasteiger partial charge < -0.3 is 19.9 Å². The predicted molar refractivity (Wildman–Crippen MR) is 120 cm³/mol. The van der Waals surface area contributed by atoms with E-state index in [-0.39, 0.29) is 6.03 Å².